The average Bonchev–Trinajstić information content (AvgIpc) is 3.49. The van der Waals surface area contributed by atoms with Crippen LogP contribution in [0, 0.1) is 25.7 Å². The lowest BCUT2D eigenvalue weighted by molar-refractivity contribution is -0.0393. The van der Waals surface area contributed by atoms with Gasteiger partial charge >= 0.3 is 0 Å². The van der Waals surface area contributed by atoms with Crippen molar-refractivity contribution >= 4 is 11.4 Å². The molecule has 0 bridgehead atoms. The molecule has 7 nitrogen and oxygen atoms in total. The largest absolute Gasteiger partial charge is 0.485 e. The summed E-state index contributed by atoms with van der Waals surface area (Å²) in [7, 11) is 0. The molecule has 2 aliphatic rings. The molecule has 3 aromatic rings. The molecule has 2 aliphatic heterocycles. The van der Waals surface area contributed by atoms with E-state index in [1.165, 1.54) is 6.42 Å². The van der Waals surface area contributed by atoms with Crippen molar-refractivity contribution < 1.29 is 9.47 Å². The Balaban J connectivity index is 1.25. The highest BCUT2D eigenvalue weighted by Gasteiger charge is 2.38. The minimum Gasteiger partial charge on any atom is -0.485 e. The fourth-order valence-electron chi connectivity index (χ4n) is 5.04. The fraction of sp³-hybridized carbons (Fsp3) is 0.444. The molecule has 3 heterocycles. The lowest BCUT2D eigenvalue weighted by atomic mass is 9.92. The Morgan fingerprint density at radius 2 is 1.91 bits per heavy atom. The molecule has 178 valence electrons. The summed E-state index contributed by atoms with van der Waals surface area (Å²) in [6.07, 6.45) is 6.12. The van der Waals surface area contributed by atoms with Crippen LogP contribution in [0.2, 0.25) is 0 Å². The van der Waals surface area contributed by atoms with Crippen LogP contribution in [-0.2, 0) is 11.2 Å². The third kappa shape index (κ3) is 4.09. The zero-order valence-corrected chi connectivity index (χ0v) is 20.4. The van der Waals surface area contributed by atoms with E-state index in [1.807, 2.05) is 37.7 Å². The van der Waals surface area contributed by atoms with Crippen LogP contribution in [0.5, 0.6) is 5.75 Å². The second-order valence-corrected chi connectivity index (χ2v) is 9.78. The van der Waals surface area contributed by atoms with Gasteiger partial charge in [0.25, 0.3) is 0 Å². The third-order valence-corrected chi connectivity index (χ3v) is 7.24. The standard InChI is InChI=1S/C27H32N4O3/c1-17-18(2)26-22(19(3)25(17)30-32)15-27(4,34-26)16-28-21-10-8-20(9-11-21)23-12-13-31(29-23)24-7-5-6-14-33-24/h8-13,24,28H,5-7,14-16H2,1-4H3. The van der Waals surface area contributed by atoms with E-state index in [9.17, 15) is 4.91 Å². The third-order valence-electron chi connectivity index (χ3n) is 7.24. The van der Waals surface area contributed by atoms with E-state index in [0.29, 0.717) is 12.2 Å². The minimum absolute atomic E-state index is 0.0502. The molecule has 1 aromatic heterocycles. The topological polar surface area (TPSA) is 77.7 Å². The number of rotatable bonds is 6. The number of fused-ring (bicyclic) bond motifs is 1. The lowest BCUT2D eigenvalue weighted by Crippen LogP contribution is -2.38. The van der Waals surface area contributed by atoms with Crippen LogP contribution in [0.15, 0.2) is 41.7 Å². The molecular formula is C27H32N4O3. The molecule has 2 unspecified atom stereocenters. The average molecular weight is 461 g/mol. The van der Waals surface area contributed by atoms with Crippen molar-refractivity contribution in [3.63, 3.8) is 0 Å². The Morgan fingerprint density at radius 1 is 1.12 bits per heavy atom. The number of nitroso groups, excluding NO2 is 1. The van der Waals surface area contributed by atoms with Gasteiger partial charge in [-0.1, -0.05) is 12.1 Å². The molecule has 0 aliphatic carbocycles. The number of hydrogen-bond acceptors (Lipinski definition) is 6. The van der Waals surface area contributed by atoms with Crippen molar-refractivity contribution in [1.82, 2.24) is 9.78 Å². The molecule has 0 amide bonds. The molecule has 1 saturated heterocycles. The minimum atomic E-state index is -0.400. The highest BCUT2D eigenvalue weighted by molar-refractivity contribution is 5.66. The molecule has 0 spiro atoms. The number of hydrogen-bond donors (Lipinski definition) is 1. The second-order valence-electron chi connectivity index (χ2n) is 9.78. The molecule has 1 fully saturated rings. The normalized spacial score (nSPS) is 21.7. The Hall–Kier alpha value is -3.19. The summed E-state index contributed by atoms with van der Waals surface area (Å²) in [6, 6.07) is 10.4. The van der Waals surface area contributed by atoms with E-state index in [-0.39, 0.29) is 6.23 Å². The van der Waals surface area contributed by atoms with Gasteiger partial charge in [0.15, 0.2) is 0 Å². The zero-order chi connectivity index (χ0) is 23.9. The number of anilines is 1. The van der Waals surface area contributed by atoms with E-state index < -0.39 is 5.60 Å². The summed E-state index contributed by atoms with van der Waals surface area (Å²) in [6.45, 7) is 9.46. The summed E-state index contributed by atoms with van der Waals surface area (Å²) in [5.74, 6) is 0.902. The monoisotopic (exact) mass is 460 g/mol. The van der Waals surface area contributed by atoms with Gasteiger partial charge in [-0.05, 0) is 87.0 Å². The highest BCUT2D eigenvalue weighted by Crippen LogP contribution is 2.45. The summed E-state index contributed by atoms with van der Waals surface area (Å²) in [5, 5.41) is 11.5. The number of ether oxygens (including phenoxy) is 2. The maximum absolute atomic E-state index is 11.4. The molecule has 34 heavy (non-hydrogen) atoms. The molecule has 7 heteroatoms. The lowest BCUT2D eigenvalue weighted by Gasteiger charge is -2.25. The predicted molar refractivity (Wildman–Crippen MR) is 134 cm³/mol. The number of nitrogens with one attached hydrogen (secondary N) is 1. The van der Waals surface area contributed by atoms with E-state index in [0.717, 1.165) is 70.8 Å². The zero-order valence-electron chi connectivity index (χ0n) is 20.4. The van der Waals surface area contributed by atoms with Gasteiger partial charge in [0.1, 0.15) is 23.3 Å². The van der Waals surface area contributed by atoms with Gasteiger partial charge in [0.2, 0.25) is 0 Å². The number of benzene rings is 2. The van der Waals surface area contributed by atoms with Crippen molar-refractivity contribution in [2.24, 2.45) is 5.18 Å². The van der Waals surface area contributed by atoms with E-state index in [1.54, 1.807) is 0 Å². The second kappa shape index (κ2) is 8.87. The Bertz CT molecular complexity index is 1210. The van der Waals surface area contributed by atoms with Gasteiger partial charge in [-0.2, -0.15) is 5.10 Å². The van der Waals surface area contributed by atoms with Gasteiger partial charge in [-0.25, -0.2) is 4.68 Å². The first-order chi connectivity index (χ1) is 16.4. The van der Waals surface area contributed by atoms with Crippen molar-refractivity contribution in [2.75, 3.05) is 18.5 Å². The van der Waals surface area contributed by atoms with Gasteiger partial charge in [0, 0.05) is 36.0 Å². The van der Waals surface area contributed by atoms with Crippen LogP contribution >= 0.6 is 0 Å². The van der Waals surface area contributed by atoms with Crippen LogP contribution in [0.4, 0.5) is 11.4 Å². The molecule has 2 aromatic carbocycles. The first-order valence-electron chi connectivity index (χ1n) is 12.0. The SMILES string of the molecule is Cc1c(C)c2c(c(C)c1N=O)CC(C)(CNc1ccc(-c3ccn(C4CCCCO4)n3)cc1)O2. The van der Waals surface area contributed by atoms with Gasteiger partial charge in [0.05, 0.1) is 12.2 Å². The quantitative estimate of drug-likeness (QED) is 0.432. The molecule has 0 saturated carbocycles. The smallest absolute Gasteiger partial charge is 0.150 e. The summed E-state index contributed by atoms with van der Waals surface area (Å²) in [5.41, 5.74) is 7.12. The number of aromatic nitrogens is 2. The Labute approximate surface area is 200 Å². The maximum atomic E-state index is 11.4. The Morgan fingerprint density at radius 3 is 2.62 bits per heavy atom. The van der Waals surface area contributed by atoms with Crippen molar-refractivity contribution in [3.8, 4) is 17.0 Å². The van der Waals surface area contributed by atoms with Gasteiger partial charge in [-0.15, -0.1) is 4.91 Å². The molecular weight excluding hydrogens is 428 g/mol. The fourth-order valence-corrected chi connectivity index (χ4v) is 5.04. The van der Waals surface area contributed by atoms with Crippen LogP contribution in [0.25, 0.3) is 11.3 Å². The first-order valence-corrected chi connectivity index (χ1v) is 12.0. The molecule has 1 N–H and O–H groups in total. The summed E-state index contributed by atoms with van der Waals surface area (Å²) in [4.78, 5) is 11.4. The van der Waals surface area contributed by atoms with Crippen LogP contribution in [0.3, 0.4) is 0 Å². The van der Waals surface area contributed by atoms with Crippen LogP contribution in [-0.4, -0.2) is 28.5 Å². The molecule has 0 radical (unpaired) electrons. The van der Waals surface area contributed by atoms with Crippen molar-refractivity contribution in [2.45, 2.75) is 65.2 Å². The summed E-state index contributed by atoms with van der Waals surface area (Å²) < 4.78 is 14.2. The molecule has 5 rings (SSSR count). The predicted octanol–water partition coefficient (Wildman–Crippen LogP) is 6.38. The summed E-state index contributed by atoms with van der Waals surface area (Å²) >= 11 is 0. The van der Waals surface area contributed by atoms with Gasteiger partial charge in [-0.3, -0.25) is 0 Å². The van der Waals surface area contributed by atoms with E-state index in [4.69, 9.17) is 14.6 Å². The van der Waals surface area contributed by atoms with Crippen molar-refractivity contribution in [3.05, 3.63) is 63.7 Å². The first kappa shape index (κ1) is 22.6. The van der Waals surface area contributed by atoms with E-state index >= 15 is 0 Å². The molecule has 2 atom stereocenters. The van der Waals surface area contributed by atoms with Crippen LogP contribution < -0.4 is 10.1 Å². The number of nitrogens with zero attached hydrogens (tertiary/aromatic N) is 3. The maximum Gasteiger partial charge on any atom is 0.150 e. The Kier molecular flexibility index (Phi) is 5.90. The van der Waals surface area contributed by atoms with Crippen LogP contribution in [0.1, 0.15) is 54.7 Å². The van der Waals surface area contributed by atoms with Gasteiger partial charge < -0.3 is 14.8 Å². The highest BCUT2D eigenvalue weighted by atomic mass is 16.5. The van der Waals surface area contributed by atoms with E-state index in [2.05, 4.69) is 41.7 Å². The van der Waals surface area contributed by atoms with Crippen molar-refractivity contribution in [1.29, 1.82) is 0 Å².